The van der Waals surface area contributed by atoms with Gasteiger partial charge >= 0.3 is 0 Å². The molecule has 2 aromatic carbocycles. The number of fused-ring (bicyclic) bond motifs is 1. The Morgan fingerprint density at radius 3 is 2.57 bits per heavy atom. The van der Waals surface area contributed by atoms with Gasteiger partial charge < -0.3 is 14.8 Å². The molecule has 3 rings (SSSR count). The number of benzene rings is 2. The van der Waals surface area contributed by atoms with Gasteiger partial charge in [0.2, 0.25) is 0 Å². The fourth-order valence-electron chi connectivity index (χ4n) is 2.19. The van der Waals surface area contributed by atoms with Gasteiger partial charge in [0.05, 0.1) is 13.2 Å². The van der Waals surface area contributed by atoms with Crippen molar-refractivity contribution in [2.24, 2.45) is 0 Å². The van der Waals surface area contributed by atoms with Crippen molar-refractivity contribution < 1.29 is 14.3 Å². The van der Waals surface area contributed by atoms with Crippen LogP contribution in [0.4, 0.5) is 0 Å². The van der Waals surface area contributed by atoms with Crippen LogP contribution < -0.4 is 14.8 Å². The molecule has 1 aliphatic rings. The second-order valence-corrected chi connectivity index (χ2v) is 4.88. The largest absolute Gasteiger partial charge is 0.490 e. The summed E-state index contributed by atoms with van der Waals surface area (Å²) in [5, 5.41) is 2.90. The monoisotopic (exact) mass is 283 g/mol. The van der Waals surface area contributed by atoms with Crippen LogP contribution in [0.5, 0.6) is 11.5 Å². The molecule has 0 atom stereocenters. The second kappa shape index (κ2) is 6.31. The summed E-state index contributed by atoms with van der Waals surface area (Å²) < 4.78 is 11.2. The summed E-state index contributed by atoms with van der Waals surface area (Å²) in [5.41, 5.74) is 1.65. The number of carbonyl (C=O) groups excluding carboxylic acids is 1. The van der Waals surface area contributed by atoms with Crippen molar-refractivity contribution in [1.29, 1.82) is 0 Å². The number of nitrogens with one attached hydrogen (secondary N) is 1. The van der Waals surface area contributed by atoms with Crippen molar-refractivity contribution >= 4 is 5.91 Å². The first-order chi connectivity index (χ1) is 10.3. The van der Waals surface area contributed by atoms with E-state index in [2.05, 4.69) is 5.32 Å². The molecule has 0 aliphatic carbocycles. The van der Waals surface area contributed by atoms with E-state index in [1.807, 2.05) is 36.4 Å². The molecule has 0 unspecified atom stereocenters. The van der Waals surface area contributed by atoms with Gasteiger partial charge in [0.15, 0.2) is 11.5 Å². The topological polar surface area (TPSA) is 47.6 Å². The van der Waals surface area contributed by atoms with Gasteiger partial charge in [-0.1, -0.05) is 24.3 Å². The maximum Gasteiger partial charge on any atom is 0.251 e. The van der Waals surface area contributed by atoms with Gasteiger partial charge in [-0.25, -0.2) is 0 Å². The van der Waals surface area contributed by atoms with Gasteiger partial charge in [0, 0.05) is 18.5 Å². The third-order valence-electron chi connectivity index (χ3n) is 3.30. The first kappa shape index (κ1) is 13.5. The second-order valence-electron chi connectivity index (χ2n) is 4.88. The molecule has 1 heterocycles. The molecule has 0 fully saturated rings. The number of carbonyl (C=O) groups is 1. The Hall–Kier alpha value is -2.49. The average Bonchev–Trinajstić information content (AvgIpc) is 2.78. The molecule has 0 spiro atoms. The molecule has 108 valence electrons. The first-order valence-electron chi connectivity index (χ1n) is 7.05. The highest BCUT2D eigenvalue weighted by Crippen LogP contribution is 2.30. The van der Waals surface area contributed by atoms with Gasteiger partial charge in [0.25, 0.3) is 5.91 Å². The summed E-state index contributed by atoms with van der Waals surface area (Å²) in [6.45, 7) is 1.80. The number of amides is 1. The van der Waals surface area contributed by atoms with Crippen LogP contribution in [0.2, 0.25) is 0 Å². The van der Waals surface area contributed by atoms with Crippen molar-refractivity contribution in [3.63, 3.8) is 0 Å². The minimum Gasteiger partial charge on any atom is -0.490 e. The molecule has 0 aromatic heterocycles. The molecule has 1 aliphatic heterocycles. The van der Waals surface area contributed by atoms with Crippen LogP contribution in [0.1, 0.15) is 22.3 Å². The maximum atomic E-state index is 12.0. The van der Waals surface area contributed by atoms with Crippen molar-refractivity contribution in [3.05, 3.63) is 59.7 Å². The Balaban J connectivity index is 1.66. The molecule has 1 N–H and O–H groups in total. The predicted molar refractivity (Wildman–Crippen MR) is 79.7 cm³/mol. The first-order valence-corrected chi connectivity index (χ1v) is 7.05. The molecule has 21 heavy (non-hydrogen) atoms. The third kappa shape index (κ3) is 3.34. The third-order valence-corrected chi connectivity index (χ3v) is 3.30. The summed E-state index contributed by atoms with van der Waals surface area (Å²) in [6.07, 6.45) is 0.884. The summed E-state index contributed by atoms with van der Waals surface area (Å²) >= 11 is 0. The van der Waals surface area contributed by atoms with E-state index in [0.717, 1.165) is 23.5 Å². The van der Waals surface area contributed by atoms with Crippen LogP contribution in [0, 0.1) is 0 Å². The molecule has 0 bridgehead atoms. The van der Waals surface area contributed by atoms with Crippen molar-refractivity contribution in [1.82, 2.24) is 5.32 Å². The van der Waals surface area contributed by atoms with E-state index >= 15 is 0 Å². The highest BCUT2D eigenvalue weighted by atomic mass is 16.5. The van der Waals surface area contributed by atoms with Crippen molar-refractivity contribution in [3.8, 4) is 11.5 Å². The maximum absolute atomic E-state index is 12.0. The molecule has 4 heteroatoms. The fraction of sp³-hybridized carbons (Fsp3) is 0.235. The summed E-state index contributed by atoms with van der Waals surface area (Å²) in [6, 6.07) is 14.9. The van der Waals surface area contributed by atoms with Gasteiger partial charge in [-0.3, -0.25) is 4.79 Å². The molecule has 4 nitrogen and oxygen atoms in total. The van der Waals surface area contributed by atoms with E-state index in [1.54, 1.807) is 12.1 Å². The van der Waals surface area contributed by atoms with Crippen molar-refractivity contribution in [2.45, 2.75) is 13.0 Å². The standard InChI is InChI=1S/C17H17NO3/c19-17(14-5-2-1-3-6-14)18-12-13-7-8-15-16(11-13)21-10-4-9-20-15/h1-3,5-8,11H,4,9-10,12H2,(H,18,19). The van der Waals surface area contributed by atoms with Crippen molar-refractivity contribution in [2.75, 3.05) is 13.2 Å². The summed E-state index contributed by atoms with van der Waals surface area (Å²) in [7, 11) is 0. The van der Waals surface area contributed by atoms with Gasteiger partial charge in [0.1, 0.15) is 0 Å². The lowest BCUT2D eigenvalue weighted by Crippen LogP contribution is -2.22. The highest BCUT2D eigenvalue weighted by molar-refractivity contribution is 5.94. The zero-order valence-electron chi connectivity index (χ0n) is 11.7. The van der Waals surface area contributed by atoms with Crippen LogP contribution >= 0.6 is 0 Å². The predicted octanol–water partition coefficient (Wildman–Crippen LogP) is 2.78. The lowest BCUT2D eigenvalue weighted by molar-refractivity contribution is 0.0951. The van der Waals surface area contributed by atoms with E-state index in [4.69, 9.17) is 9.47 Å². The zero-order valence-corrected chi connectivity index (χ0v) is 11.7. The zero-order chi connectivity index (χ0) is 14.5. The van der Waals surface area contributed by atoms with Gasteiger partial charge in [-0.05, 0) is 29.8 Å². The summed E-state index contributed by atoms with van der Waals surface area (Å²) in [5.74, 6) is 1.44. The Morgan fingerprint density at radius 2 is 1.76 bits per heavy atom. The summed E-state index contributed by atoms with van der Waals surface area (Å²) in [4.78, 5) is 12.0. The normalized spacial score (nSPS) is 13.3. The van der Waals surface area contributed by atoms with E-state index < -0.39 is 0 Å². The molecule has 0 saturated carbocycles. The minimum absolute atomic E-state index is 0.0808. The minimum atomic E-state index is -0.0808. The van der Waals surface area contributed by atoms with Gasteiger partial charge in [-0.15, -0.1) is 0 Å². The van der Waals surface area contributed by atoms with E-state index in [0.29, 0.717) is 25.3 Å². The SMILES string of the molecule is O=C(NCc1ccc2c(c1)OCCCO2)c1ccccc1. The number of rotatable bonds is 3. The van der Waals surface area contributed by atoms with Gasteiger partial charge in [-0.2, -0.15) is 0 Å². The number of ether oxygens (including phenoxy) is 2. The number of hydrogen-bond donors (Lipinski definition) is 1. The quantitative estimate of drug-likeness (QED) is 0.942. The lowest BCUT2D eigenvalue weighted by atomic mass is 10.1. The van der Waals surface area contributed by atoms with E-state index in [-0.39, 0.29) is 5.91 Å². The van der Waals surface area contributed by atoms with Crippen LogP contribution in [0.15, 0.2) is 48.5 Å². The lowest BCUT2D eigenvalue weighted by Gasteiger charge is -2.10. The van der Waals surface area contributed by atoms with E-state index in [1.165, 1.54) is 0 Å². The van der Waals surface area contributed by atoms with Crippen LogP contribution in [0.3, 0.4) is 0 Å². The molecular weight excluding hydrogens is 266 g/mol. The Labute approximate surface area is 123 Å². The Morgan fingerprint density at radius 1 is 1.00 bits per heavy atom. The van der Waals surface area contributed by atoms with E-state index in [9.17, 15) is 4.79 Å². The molecule has 0 radical (unpaired) electrons. The van der Waals surface area contributed by atoms with Crippen LogP contribution in [0.25, 0.3) is 0 Å². The highest BCUT2D eigenvalue weighted by Gasteiger charge is 2.11. The smallest absolute Gasteiger partial charge is 0.251 e. The molecule has 0 saturated heterocycles. The Kier molecular flexibility index (Phi) is 4.05. The van der Waals surface area contributed by atoms with Crippen LogP contribution in [-0.4, -0.2) is 19.1 Å². The van der Waals surface area contributed by atoms with Crippen LogP contribution in [-0.2, 0) is 6.54 Å². The number of hydrogen-bond acceptors (Lipinski definition) is 3. The Bertz CT molecular complexity index is 625. The molecule has 2 aromatic rings. The average molecular weight is 283 g/mol. The fourth-order valence-corrected chi connectivity index (χ4v) is 2.19. The molecular formula is C17H17NO3. The molecule has 1 amide bonds.